The lowest BCUT2D eigenvalue weighted by atomic mass is 10.2. The van der Waals surface area contributed by atoms with Gasteiger partial charge in [0.05, 0.1) is 16.8 Å². The van der Waals surface area contributed by atoms with Crippen molar-refractivity contribution >= 4 is 15.9 Å². The van der Waals surface area contributed by atoms with Crippen LogP contribution in [0.1, 0.15) is 0 Å². The lowest BCUT2D eigenvalue weighted by Crippen LogP contribution is -2.23. The SMILES string of the molecule is CS(=O)(=O)c1ccc(-c2nc3c([nH]2)=CC=CCN=3)cc1. The first-order valence-corrected chi connectivity index (χ1v) is 8.01. The van der Waals surface area contributed by atoms with E-state index < -0.39 is 9.84 Å². The number of fused-ring (bicyclic) bond motifs is 1. The van der Waals surface area contributed by atoms with Gasteiger partial charge in [-0.1, -0.05) is 12.2 Å². The maximum absolute atomic E-state index is 11.4. The molecule has 20 heavy (non-hydrogen) atoms. The molecule has 0 saturated heterocycles. The molecule has 2 heterocycles. The highest BCUT2D eigenvalue weighted by Crippen LogP contribution is 2.16. The van der Waals surface area contributed by atoms with Crippen molar-refractivity contribution in [2.75, 3.05) is 12.8 Å². The third kappa shape index (κ3) is 2.42. The lowest BCUT2D eigenvalue weighted by molar-refractivity contribution is 0.602. The number of hydrogen-bond donors (Lipinski definition) is 1. The summed E-state index contributed by atoms with van der Waals surface area (Å²) in [5.41, 5.74) is 1.51. The second-order valence-electron chi connectivity index (χ2n) is 4.55. The molecule has 0 fully saturated rings. The fourth-order valence-electron chi connectivity index (χ4n) is 1.98. The van der Waals surface area contributed by atoms with Gasteiger partial charge >= 0.3 is 0 Å². The third-order valence-electron chi connectivity index (χ3n) is 3.01. The number of hydrogen-bond acceptors (Lipinski definition) is 4. The standard InChI is InChI=1S/C14H13N3O2S/c1-20(18,19)11-7-5-10(6-8-11)13-16-12-4-2-3-9-15-14(12)17-13/h2-8H,9H2,1H3,(H,15,16,17). The second-order valence-corrected chi connectivity index (χ2v) is 6.57. The van der Waals surface area contributed by atoms with Gasteiger partial charge in [0.2, 0.25) is 0 Å². The largest absolute Gasteiger partial charge is 0.337 e. The van der Waals surface area contributed by atoms with Gasteiger partial charge in [-0.15, -0.1) is 0 Å². The fourth-order valence-corrected chi connectivity index (χ4v) is 2.61. The maximum atomic E-state index is 11.4. The van der Waals surface area contributed by atoms with Crippen LogP contribution < -0.4 is 10.8 Å². The van der Waals surface area contributed by atoms with E-state index in [1.165, 1.54) is 6.26 Å². The molecule has 1 aromatic carbocycles. The summed E-state index contributed by atoms with van der Waals surface area (Å²) in [5, 5.41) is 0.862. The number of sulfone groups is 1. The molecule has 0 amide bonds. The molecule has 2 aromatic rings. The summed E-state index contributed by atoms with van der Waals surface area (Å²) in [6, 6.07) is 6.65. The van der Waals surface area contributed by atoms with Crippen LogP contribution in [0.15, 0.2) is 46.3 Å². The highest BCUT2D eigenvalue weighted by atomic mass is 32.2. The van der Waals surface area contributed by atoms with E-state index in [1.54, 1.807) is 24.3 Å². The molecule has 102 valence electrons. The number of allylic oxidation sites excluding steroid dienone is 1. The van der Waals surface area contributed by atoms with E-state index in [0.29, 0.717) is 22.8 Å². The van der Waals surface area contributed by atoms with E-state index >= 15 is 0 Å². The zero-order chi connectivity index (χ0) is 14.2. The van der Waals surface area contributed by atoms with Gasteiger partial charge in [0.25, 0.3) is 0 Å². The van der Waals surface area contributed by atoms with Crippen molar-refractivity contribution in [2.45, 2.75) is 4.90 Å². The Hall–Kier alpha value is -2.21. The number of aromatic amines is 1. The van der Waals surface area contributed by atoms with Crippen molar-refractivity contribution in [3.05, 3.63) is 47.3 Å². The van der Waals surface area contributed by atoms with Crippen molar-refractivity contribution in [3.8, 4) is 11.4 Å². The number of benzene rings is 1. The minimum absolute atomic E-state index is 0.300. The van der Waals surface area contributed by atoms with Crippen molar-refractivity contribution < 1.29 is 8.42 Å². The van der Waals surface area contributed by atoms with Gasteiger partial charge in [-0.05, 0) is 30.3 Å². The van der Waals surface area contributed by atoms with Crippen LogP contribution in [0.3, 0.4) is 0 Å². The number of aromatic nitrogens is 2. The predicted molar refractivity (Wildman–Crippen MR) is 76.4 cm³/mol. The summed E-state index contributed by atoms with van der Waals surface area (Å²) in [6.45, 7) is 0.612. The van der Waals surface area contributed by atoms with Gasteiger partial charge in [0.1, 0.15) is 5.82 Å². The van der Waals surface area contributed by atoms with Crippen LogP contribution in [0, 0.1) is 0 Å². The number of rotatable bonds is 2. The average Bonchev–Trinajstić information content (AvgIpc) is 2.69. The Kier molecular flexibility index (Phi) is 3.02. The van der Waals surface area contributed by atoms with Crippen molar-refractivity contribution in [1.29, 1.82) is 0 Å². The van der Waals surface area contributed by atoms with Crippen LogP contribution in [0.25, 0.3) is 17.5 Å². The van der Waals surface area contributed by atoms with Gasteiger partial charge in [-0.3, -0.25) is 4.99 Å². The molecule has 1 N–H and O–H groups in total. The molecule has 0 atom stereocenters. The fraction of sp³-hybridized carbons (Fsp3) is 0.143. The summed E-state index contributed by atoms with van der Waals surface area (Å²) in [6.07, 6.45) is 7.00. The Balaban J connectivity index is 2.07. The highest BCUT2D eigenvalue weighted by molar-refractivity contribution is 7.90. The Morgan fingerprint density at radius 2 is 1.95 bits per heavy atom. The summed E-state index contributed by atoms with van der Waals surface area (Å²) in [5.74, 6) is 0.686. The minimum atomic E-state index is -3.17. The molecule has 6 heteroatoms. The predicted octanol–water partition coefficient (Wildman–Crippen LogP) is 0.450. The molecule has 1 aliphatic heterocycles. The molecule has 0 spiro atoms. The molecule has 1 aliphatic rings. The van der Waals surface area contributed by atoms with Crippen molar-refractivity contribution in [3.63, 3.8) is 0 Å². The molecule has 0 saturated carbocycles. The third-order valence-corrected chi connectivity index (χ3v) is 4.14. The van der Waals surface area contributed by atoms with E-state index in [0.717, 1.165) is 10.9 Å². The smallest absolute Gasteiger partial charge is 0.175 e. The van der Waals surface area contributed by atoms with E-state index in [9.17, 15) is 8.42 Å². The molecule has 3 rings (SSSR count). The molecule has 1 aromatic heterocycles. The Morgan fingerprint density at radius 3 is 2.65 bits per heavy atom. The number of nitrogens with zero attached hydrogens (tertiary/aromatic N) is 2. The topological polar surface area (TPSA) is 75.2 Å². The Morgan fingerprint density at radius 1 is 1.20 bits per heavy atom. The monoisotopic (exact) mass is 287 g/mol. The Bertz CT molecular complexity index is 891. The van der Waals surface area contributed by atoms with Gasteiger partial charge < -0.3 is 4.98 Å². The van der Waals surface area contributed by atoms with E-state index in [-0.39, 0.29) is 0 Å². The first-order chi connectivity index (χ1) is 9.54. The van der Waals surface area contributed by atoms with Crippen LogP contribution in [-0.4, -0.2) is 31.2 Å². The van der Waals surface area contributed by atoms with E-state index in [2.05, 4.69) is 15.0 Å². The van der Waals surface area contributed by atoms with Crippen molar-refractivity contribution in [1.82, 2.24) is 9.97 Å². The van der Waals surface area contributed by atoms with Crippen LogP contribution in [0.2, 0.25) is 0 Å². The molecule has 0 aliphatic carbocycles. The van der Waals surface area contributed by atoms with Gasteiger partial charge in [0, 0.05) is 11.8 Å². The molecule has 5 nitrogen and oxygen atoms in total. The zero-order valence-electron chi connectivity index (χ0n) is 10.9. The average molecular weight is 287 g/mol. The lowest BCUT2D eigenvalue weighted by Gasteiger charge is -1.99. The maximum Gasteiger partial charge on any atom is 0.175 e. The quantitative estimate of drug-likeness (QED) is 0.871. The normalized spacial score (nSPS) is 14.1. The van der Waals surface area contributed by atoms with Gasteiger partial charge in [-0.25, -0.2) is 13.4 Å². The summed E-state index contributed by atoms with van der Waals surface area (Å²) < 4.78 is 22.9. The van der Waals surface area contributed by atoms with Gasteiger partial charge in [-0.2, -0.15) is 0 Å². The first-order valence-electron chi connectivity index (χ1n) is 6.12. The molecule has 0 radical (unpaired) electrons. The van der Waals surface area contributed by atoms with Crippen LogP contribution in [0.4, 0.5) is 0 Å². The number of imidazole rings is 1. The van der Waals surface area contributed by atoms with Crippen LogP contribution in [-0.2, 0) is 9.84 Å². The summed E-state index contributed by atoms with van der Waals surface area (Å²) in [7, 11) is -3.17. The minimum Gasteiger partial charge on any atom is -0.337 e. The molecule has 0 bridgehead atoms. The number of H-pyrrole nitrogens is 1. The second kappa shape index (κ2) is 4.72. The molecular formula is C14H13N3O2S. The van der Waals surface area contributed by atoms with Crippen LogP contribution in [0.5, 0.6) is 0 Å². The number of nitrogens with one attached hydrogen (secondary N) is 1. The summed E-state index contributed by atoms with van der Waals surface area (Å²) in [4.78, 5) is 12.2. The first kappa shape index (κ1) is 12.8. The Labute approximate surface area is 116 Å². The van der Waals surface area contributed by atoms with Gasteiger partial charge in [0.15, 0.2) is 15.3 Å². The summed E-state index contributed by atoms with van der Waals surface area (Å²) >= 11 is 0. The molecule has 0 unspecified atom stereocenters. The molecular weight excluding hydrogens is 274 g/mol. The zero-order valence-corrected chi connectivity index (χ0v) is 11.7. The van der Waals surface area contributed by atoms with Crippen molar-refractivity contribution in [2.24, 2.45) is 4.99 Å². The van der Waals surface area contributed by atoms with Crippen LogP contribution >= 0.6 is 0 Å². The van der Waals surface area contributed by atoms with E-state index in [1.807, 2.05) is 18.2 Å². The van der Waals surface area contributed by atoms with E-state index in [4.69, 9.17) is 0 Å². The highest BCUT2D eigenvalue weighted by Gasteiger charge is 2.08.